The van der Waals surface area contributed by atoms with Gasteiger partial charge in [-0.15, -0.1) is 11.3 Å². The number of hydrogen-bond acceptors (Lipinski definition) is 4. The maximum Gasteiger partial charge on any atom is 0.265 e. The molecule has 0 saturated heterocycles. The molecular formula is C16H14ClNO3S. The van der Waals surface area contributed by atoms with Gasteiger partial charge in [0.1, 0.15) is 22.1 Å². The smallest absolute Gasteiger partial charge is 0.265 e. The largest absolute Gasteiger partial charge is 0.494 e. The second-order valence-corrected chi connectivity index (χ2v) is 6.29. The molecule has 4 nitrogen and oxygen atoms in total. The van der Waals surface area contributed by atoms with E-state index in [0.717, 1.165) is 15.8 Å². The lowest BCUT2D eigenvalue weighted by Crippen LogP contribution is -2.22. The summed E-state index contributed by atoms with van der Waals surface area (Å²) in [7, 11) is 1.55. The quantitative estimate of drug-likeness (QED) is 0.769. The molecule has 0 saturated carbocycles. The van der Waals surface area contributed by atoms with Gasteiger partial charge in [0, 0.05) is 15.1 Å². The van der Waals surface area contributed by atoms with Gasteiger partial charge in [-0.1, -0.05) is 11.6 Å². The number of carbonyl (C=O) groups excluding carboxylic acids is 1. The van der Waals surface area contributed by atoms with Crippen molar-refractivity contribution >= 4 is 38.9 Å². The first-order valence-corrected chi connectivity index (χ1v) is 7.87. The summed E-state index contributed by atoms with van der Waals surface area (Å²) >= 11 is 7.40. The van der Waals surface area contributed by atoms with E-state index in [0.29, 0.717) is 28.0 Å². The van der Waals surface area contributed by atoms with E-state index >= 15 is 0 Å². The maximum absolute atomic E-state index is 12.4. The van der Waals surface area contributed by atoms with E-state index in [1.807, 2.05) is 25.1 Å². The molecular weight excluding hydrogens is 322 g/mol. The first-order chi connectivity index (χ1) is 10.6. The van der Waals surface area contributed by atoms with Gasteiger partial charge in [-0.25, -0.2) is 0 Å². The van der Waals surface area contributed by atoms with Crippen molar-refractivity contribution in [3.8, 4) is 5.75 Å². The van der Waals surface area contributed by atoms with Crippen LogP contribution in [0.3, 0.4) is 0 Å². The fourth-order valence-electron chi connectivity index (χ4n) is 2.23. The van der Waals surface area contributed by atoms with E-state index < -0.39 is 0 Å². The van der Waals surface area contributed by atoms with Gasteiger partial charge in [0.05, 0.1) is 13.7 Å². The zero-order valence-corrected chi connectivity index (χ0v) is 13.7. The third-order valence-electron chi connectivity index (χ3n) is 3.23. The van der Waals surface area contributed by atoms with Crippen LogP contribution in [0.5, 0.6) is 5.75 Å². The highest BCUT2D eigenvalue weighted by Crippen LogP contribution is 2.38. The van der Waals surface area contributed by atoms with Crippen LogP contribution in [-0.2, 0) is 6.54 Å². The summed E-state index contributed by atoms with van der Waals surface area (Å²) in [6.07, 6.45) is 0. The van der Waals surface area contributed by atoms with E-state index in [1.54, 1.807) is 19.2 Å². The number of furan rings is 1. The third-order valence-corrected chi connectivity index (χ3v) is 4.62. The molecule has 1 N–H and O–H groups in total. The minimum Gasteiger partial charge on any atom is -0.494 e. The molecule has 1 amide bonds. The zero-order chi connectivity index (χ0) is 15.7. The minimum atomic E-state index is -0.191. The molecule has 1 aromatic carbocycles. The van der Waals surface area contributed by atoms with E-state index in [2.05, 4.69) is 5.32 Å². The van der Waals surface area contributed by atoms with Crippen molar-refractivity contribution in [3.63, 3.8) is 0 Å². The predicted molar refractivity (Wildman–Crippen MR) is 88.0 cm³/mol. The number of fused-ring (bicyclic) bond motifs is 1. The molecule has 0 atom stereocenters. The Morgan fingerprint density at radius 3 is 2.86 bits per heavy atom. The van der Waals surface area contributed by atoms with Crippen LogP contribution in [0, 0.1) is 6.92 Å². The summed E-state index contributed by atoms with van der Waals surface area (Å²) in [5.74, 6) is 1.89. The number of aryl methyl sites for hydroxylation is 1. The molecule has 0 unspecified atom stereocenters. The van der Waals surface area contributed by atoms with Gasteiger partial charge in [-0.05, 0) is 37.3 Å². The number of halogens is 1. The molecule has 22 heavy (non-hydrogen) atoms. The topological polar surface area (TPSA) is 51.5 Å². The summed E-state index contributed by atoms with van der Waals surface area (Å²) in [5, 5.41) is 4.30. The molecule has 0 aliphatic rings. The highest BCUT2D eigenvalue weighted by Gasteiger charge is 2.19. The van der Waals surface area contributed by atoms with Crippen molar-refractivity contribution < 1.29 is 13.9 Å². The van der Waals surface area contributed by atoms with Crippen LogP contribution in [0.25, 0.3) is 10.1 Å². The summed E-state index contributed by atoms with van der Waals surface area (Å²) in [4.78, 5) is 12.9. The third kappa shape index (κ3) is 2.82. The van der Waals surface area contributed by atoms with Crippen LogP contribution >= 0.6 is 22.9 Å². The number of benzene rings is 1. The van der Waals surface area contributed by atoms with E-state index in [1.165, 1.54) is 11.3 Å². The fraction of sp³-hybridized carbons (Fsp3) is 0.188. The van der Waals surface area contributed by atoms with Gasteiger partial charge in [-0.2, -0.15) is 0 Å². The summed E-state index contributed by atoms with van der Waals surface area (Å²) in [6.45, 7) is 2.20. The van der Waals surface area contributed by atoms with Crippen LogP contribution in [0.1, 0.15) is 21.2 Å². The number of rotatable bonds is 4. The van der Waals surface area contributed by atoms with Crippen molar-refractivity contribution in [2.24, 2.45) is 0 Å². The Labute approximate surface area is 136 Å². The second kappa shape index (κ2) is 6.02. The standard InChI is InChI=1S/C16H14ClNO3S/c1-9-3-5-11(21-9)8-18-16(19)15-14(20-2)12-7-10(17)4-6-13(12)22-15/h3-7H,8H2,1-2H3,(H,18,19). The highest BCUT2D eigenvalue weighted by atomic mass is 35.5. The molecule has 6 heteroatoms. The summed E-state index contributed by atoms with van der Waals surface area (Å²) in [6, 6.07) is 9.20. The molecule has 0 bridgehead atoms. The second-order valence-electron chi connectivity index (χ2n) is 4.80. The molecule has 2 aromatic heterocycles. The molecule has 114 valence electrons. The molecule has 0 aliphatic carbocycles. The zero-order valence-electron chi connectivity index (χ0n) is 12.1. The van der Waals surface area contributed by atoms with Crippen molar-refractivity contribution in [1.29, 1.82) is 0 Å². The lowest BCUT2D eigenvalue weighted by molar-refractivity contribution is 0.0949. The Kier molecular flexibility index (Phi) is 4.09. The summed E-state index contributed by atoms with van der Waals surface area (Å²) < 4.78 is 11.8. The molecule has 3 rings (SSSR count). The first kappa shape index (κ1) is 14.9. The molecule has 0 radical (unpaired) electrons. The summed E-state index contributed by atoms with van der Waals surface area (Å²) in [5.41, 5.74) is 0. The molecule has 0 spiro atoms. The number of methoxy groups -OCH3 is 1. The molecule has 2 heterocycles. The maximum atomic E-state index is 12.4. The number of ether oxygens (including phenoxy) is 1. The van der Waals surface area contributed by atoms with Crippen LogP contribution in [0.15, 0.2) is 34.7 Å². The van der Waals surface area contributed by atoms with Gasteiger partial charge in [0.25, 0.3) is 5.91 Å². The molecule has 0 fully saturated rings. The normalized spacial score (nSPS) is 10.9. The number of carbonyl (C=O) groups is 1. The average Bonchev–Trinajstić information content (AvgIpc) is 3.07. The number of amides is 1. The van der Waals surface area contributed by atoms with E-state index in [9.17, 15) is 4.79 Å². The van der Waals surface area contributed by atoms with Crippen molar-refractivity contribution in [2.45, 2.75) is 13.5 Å². The monoisotopic (exact) mass is 335 g/mol. The SMILES string of the molecule is COc1c(C(=O)NCc2ccc(C)o2)sc2ccc(Cl)cc12. The Morgan fingerprint density at radius 1 is 1.36 bits per heavy atom. The fourth-order valence-corrected chi connectivity index (χ4v) is 3.47. The van der Waals surface area contributed by atoms with Gasteiger partial charge < -0.3 is 14.5 Å². The van der Waals surface area contributed by atoms with Gasteiger partial charge in [0.2, 0.25) is 0 Å². The molecule has 0 aliphatic heterocycles. The van der Waals surface area contributed by atoms with Crippen molar-refractivity contribution in [1.82, 2.24) is 5.32 Å². The van der Waals surface area contributed by atoms with Crippen LogP contribution < -0.4 is 10.1 Å². The van der Waals surface area contributed by atoms with Crippen LogP contribution in [0.4, 0.5) is 0 Å². The van der Waals surface area contributed by atoms with E-state index in [-0.39, 0.29) is 5.91 Å². The Morgan fingerprint density at radius 2 is 2.18 bits per heavy atom. The number of hydrogen-bond donors (Lipinski definition) is 1. The Balaban J connectivity index is 1.86. The van der Waals surface area contributed by atoms with Gasteiger partial charge in [-0.3, -0.25) is 4.79 Å². The average molecular weight is 336 g/mol. The van der Waals surface area contributed by atoms with Gasteiger partial charge >= 0.3 is 0 Å². The first-order valence-electron chi connectivity index (χ1n) is 6.68. The number of nitrogens with one attached hydrogen (secondary N) is 1. The minimum absolute atomic E-state index is 0.191. The highest BCUT2D eigenvalue weighted by molar-refractivity contribution is 7.21. The Bertz CT molecular complexity index is 837. The lowest BCUT2D eigenvalue weighted by Gasteiger charge is -2.04. The Hall–Kier alpha value is -1.98. The van der Waals surface area contributed by atoms with Crippen LogP contribution in [0.2, 0.25) is 5.02 Å². The lowest BCUT2D eigenvalue weighted by atomic mass is 10.2. The van der Waals surface area contributed by atoms with Gasteiger partial charge in [0.15, 0.2) is 0 Å². The van der Waals surface area contributed by atoms with Crippen molar-refractivity contribution in [2.75, 3.05) is 7.11 Å². The number of thiophene rings is 1. The van der Waals surface area contributed by atoms with E-state index in [4.69, 9.17) is 20.8 Å². The van der Waals surface area contributed by atoms with Crippen molar-refractivity contribution in [3.05, 3.63) is 51.8 Å². The molecule has 3 aromatic rings. The van der Waals surface area contributed by atoms with Crippen LogP contribution in [-0.4, -0.2) is 13.0 Å². The predicted octanol–water partition coefficient (Wildman–Crippen LogP) is 4.39.